The predicted molar refractivity (Wildman–Crippen MR) is 63.5 cm³/mol. The van der Waals surface area contributed by atoms with Crippen molar-refractivity contribution < 1.29 is 22.7 Å². The smallest absolute Gasteiger partial charge is 0.406 e. The van der Waals surface area contributed by atoms with Gasteiger partial charge in [0.1, 0.15) is 5.75 Å². The number of halogens is 3. The summed E-state index contributed by atoms with van der Waals surface area (Å²) in [6.45, 7) is 0.420. The van der Waals surface area contributed by atoms with Crippen LogP contribution >= 0.6 is 0 Å². The zero-order valence-electron chi connectivity index (χ0n) is 9.96. The van der Waals surface area contributed by atoms with E-state index in [1.54, 1.807) is 0 Å². The summed E-state index contributed by atoms with van der Waals surface area (Å²) >= 11 is 0. The molecule has 1 amide bonds. The number of terminal acetylenes is 1. The van der Waals surface area contributed by atoms with E-state index in [0.717, 1.165) is 12.1 Å². The Morgan fingerprint density at radius 1 is 1.32 bits per heavy atom. The van der Waals surface area contributed by atoms with Crippen LogP contribution in [0.25, 0.3) is 0 Å². The molecule has 0 unspecified atom stereocenters. The lowest BCUT2D eigenvalue weighted by atomic mass is 10.2. The molecule has 1 rings (SSSR count). The number of carbonyl (C=O) groups excluding carboxylic acids is 1. The number of hydrogen-bond acceptors (Lipinski definition) is 2. The maximum Gasteiger partial charge on any atom is 0.573 e. The van der Waals surface area contributed by atoms with Crippen LogP contribution in [0.3, 0.4) is 0 Å². The van der Waals surface area contributed by atoms with Crippen molar-refractivity contribution in [1.29, 1.82) is 0 Å². The van der Waals surface area contributed by atoms with Gasteiger partial charge in [0.2, 0.25) is 0 Å². The summed E-state index contributed by atoms with van der Waals surface area (Å²) in [5, 5.41) is 2.60. The Morgan fingerprint density at radius 3 is 2.47 bits per heavy atom. The molecule has 0 heterocycles. The molecule has 0 aromatic heterocycles. The second-order valence-electron chi connectivity index (χ2n) is 3.64. The number of ether oxygens (including phenoxy) is 1. The van der Waals surface area contributed by atoms with Crippen LogP contribution < -0.4 is 10.1 Å². The van der Waals surface area contributed by atoms with Crippen molar-refractivity contribution in [3.05, 3.63) is 29.8 Å². The number of hydrogen-bond donors (Lipinski definition) is 1. The van der Waals surface area contributed by atoms with E-state index in [2.05, 4.69) is 16.0 Å². The summed E-state index contributed by atoms with van der Waals surface area (Å²) in [6, 6.07) is 4.70. The zero-order chi connectivity index (χ0) is 14.3. The first kappa shape index (κ1) is 14.9. The number of unbranched alkanes of at least 4 members (excludes halogenated alkanes) is 1. The lowest BCUT2D eigenvalue weighted by molar-refractivity contribution is -0.274. The fourth-order valence-corrected chi connectivity index (χ4v) is 1.30. The first-order chi connectivity index (χ1) is 8.92. The summed E-state index contributed by atoms with van der Waals surface area (Å²) in [5.74, 6) is 1.71. The van der Waals surface area contributed by atoms with Crippen LogP contribution in [0.1, 0.15) is 23.2 Å². The number of nitrogens with one attached hydrogen (secondary N) is 1. The van der Waals surface area contributed by atoms with Gasteiger partial charge < -0.3 is 10.1 Å². The molecular formula is C13H12F3NO2. The summed E-state index contributed by atoms with van der Waals surface area (Å²) in [4.78, 5) is 11.6. The fourth-order valence-electron chi connectivity index (χ4n) is 1.30. The Balaban J connectivity index is 2.52. The van der Waals surface area contributed by atoms with Crippen LogP contribution in [0.5, 0.6) is 5.75 Å². The molecule has 6 heteroatoms. The van der Waals surface area contributed by atoms with Crippen molar-refractivity contribution in [2.45, 2.75) is 19.2 Å². The highest BCUT2D eigenvalue weighted by Gasteiger charge is 2.31. The monoisotopic (exact) mass is 271 g/mol. The van der Waals surface area contributed by atoms with Crippen molar-refractivity contribution in [2.24, 2.45) is 0 Å². The van der Waals surface area contributed by atoms with E-state index in [1.807, 2.05) is 0 Å². The van der Waals surface area contributed by atoms with Crippen molar-refractivity contribution in [3.8, 4) is 18.1 Å². The highest BCUT2D eigenvalue weighted by molar-refractivity contribution is 5.94. The molecule has 0 aliphatic heterocycles. The lowest BCUT2D eigenvalue weighted by Gasteiger charge is -2.09. The van der Waals surface area contributed by atoms with Crippen molar-refractivity contribution in [1.82, 2.24) is 5.32 Å². The zero-order valence-corrected chi connectivity index (χ0v) is 9.96. The first-order valence-electron chi connectivity index (χ1n) is 5.50. The van der Waals surface area contributed by atoms with E-state index < -0.39 is 6.36 Å². The Morgan fingerprint density at radius 2 is 1.95 bits per heavy atom. The van der Waals surface area contributed by atoms with Crippen molar-refractivity contribution in [2.75, 3.05) is 6.54 Å². The standard InChI is InChI=1S/C13H12F3NO2/c1-2-3-4-9-17-12(18)10-5-7-11(8-6-10)19-13(14,15)16/h1,5-8H,3-4,9H2,(H,17,18). The van der Waals surface area contributed by atoms with Gasteiger partial charge in [-0.05, 0) is 30.7 Å². The van der Waals surface area contributed by atoms with E-state index in [4.69, 9.17) is 6.42 Å². The first-order valence-corrected chi connectivity index (χ1v) is 5.50. The second-order valence-corrected chi connectivity index (χ2v) is 3.64. The molecule has 3 nitrogen and oxygen atoms in total. The molecule has 1 aromatic carbocycles. The van der Waals surface area contributed by atoms with Gasteiger partial charge in [-0.3, -0.25) is 4.79 Å². The third-order valence-electron chi connectivity index (χ3n) is 2.13. The van der Waals surface area contributed by atoms with Crippen LogP contribution in [0.4, 0.5) is 13.2 Å². The van der Waals surface area contributed by atoms with Crippen LogP contribution in [0, 0.1) is 12.3 Å². The lowest BCUT2D eigenvalue weighted by Crippen LogP contribution is -2.24. The molecular weight excluding hydrogens is 259 g/mol. The van der Waals surface area contributed by atoms with Gasteiger partial charge in [-0.1, -0.05) is 0 Å². The molecule has 0 saturated heterocycles. The Hall–Kier alpha value is -2.16. The largest absolute Gasteiger partial charge is 0.573 e. The summed E-state index contributed by atoms with van der Waals surface area (Å²) in [7, 11) is 0. The number of rotatable bonds is 5. The van der Waals surface area contributed by atoms with Gasteiger partial charge in [0.15, 0.2) is 0 Å². The number of alkyl halides is 3. The average Bonchev–Trinajstić information content (AvgIpc) is 2.33. The Bertz CT molecular complexity index is 460. The van der Waals surface area contributed by atoms with Gasteiger partial charge in [-0.15, -0.1) is 25.5 Å². The van der Waals surface area contributed by atoms with E-state index >= 15 is 0 Å². The minimum atomic E-state index is -4.74. The van der Waals surface area contributed by atoms with Crippen molar-refractivity contribution >= 4 is 5.91 Å². The van der Waals surface area contributed by atoms with Gasteiger partial charge in [0, 0.05) is 18.5 Å². The van der Waals surface area contributed by atoms with E-state index in [9.17, 15) is 18.0 Å². The van der Waals surface area contributed by atoms with Crippen LogP contribution in [-0.2, 0) is 0 Å². The molecule has 102 valence electrons. The molecule has 0 bridgehead atoms. The van der Waals surface area contributed by atoms with Gasteiger partial charge in [0.25, 0.3) is 5.91 Å². The second kappa shape index (κ2) is 6.69. The number of amides is 1. The molecule has 0 atom stereocenters. The highest BCUT2D eigenvalue weighted by Crippen LogP contribution is 2.22. The molecule has 0 spiro atoms. The van der Waals surface area contributed by atoms with E-state index in [0.29, 0.717) is 19.4 Å². The normalized spacial score (nSPS) is 10.6. The van der Waals surface area contributed by atoms with Crippen molar-refractivity contribution in [3.63, 3.8) is 0 Å². The third kappa shape index (κ3) is 5.82. The maximum atomic E-state index is 11.9. The Labute approximate surface area is 108 Å². The maximum absolute atomic E-state index is 11.9. The number of benzene rings is 1. The SMILES string of the molecule is C#CCCCNC(=O)c1ccc(OC(F)(F)F)cc1. The quantitative estimate of drug-likeness (QED) is 0.660. The summed E-state index contributed by atoms with van der Waals surface area (Å²) < 4.78 is 39.5. The molecule has 0 radical (unpaired) electrons. The topological polar surface area (TPSA) is 38.3 Å². The molecule has 0 saturated carbocycles. The number of carbonyl (C=O) groups is 1. The van der Waals surface area contributed by atoms with Gasteiger partial charge >= 0.3 is 6.36 Å². The molecule has 19 heavy (non-hydrogen) atoms. The Kier molecular flexibility index (Phi) is 5.24. The molecule has 1 N–H and O–H groups in total. The minimum absolute atomic E-state index is 0.259. The van der Waals surface area contributed by atoms with Gasteiger partial charge in [-0.2, -0.15) is 0 Å². The van der Waals surface area contributed by atoms with Crippen LogP contribution in [0.2, 0.25) is 0 Å². The minimum Gasteiger partial charge on any atom is -0.406 e. The van der Waals surface area contributed by atoms with E-state index in [-0.39, 0.29) is 17.2 Å². The van der Waals surface area contributed by atoms with Gasteiger partial charge in [-0.25, -0.2) is 0 Å². The van der Waals surface area contributed by atoms with Crippen LogP contribution in [0.15, 0.2) is 24.3 Å². The van der Waals surface area contributed by atoms with Gasteiger partial charge in [0.05, 0.1) is 0 Å². The third-order valence-corrected chi connectivity index (χ3v) is 2.13. The molecule has 1 aromatic rings. The van der Waals surface area contributed by atoms with E-state index in [1.165, 1.54) is 12.1 Å². The molecule has 0 fully saturated rings. The average molecular weight is 271 g/mol. The molecule has 0 aliphatic carbocycles. The van der Waals surface area contributed by atoms with Crippen LogP contribution in [-0.4, -0.2) is 18.8 Å². The predicted octanol–water partition coefficient (Wildman–Crippen LogP) is 2.73. The summed E-state index contributed by atoms with van der Waals surface area (Å²) in [5.41, 5.74) is 0.259. The molecule has 0 aliphatic rings. The highest BCUT2D eigenvalue weighted by atomic mass is 19.4. The summed E-state index contributed by atoms with van der Waals surface area (Å²) in [6.07, 6.45) is 1.52. The fraction of sp³-hybridized carbons (Fsp3) is 0.308.